The molecule has 0 radical (unpaired) electrons. The number of esters is 1. The van der Waals surface area contributed by atoms with Crippen molar-refractivity contribution < 1.29 is 14.3 Å². The molecular weight excluding hydrogens is 192 g/mol. The Morgan fingerprint density at radius 3 is 2.60 bits per heavy atom. The highest BCUT2D eigenvalue weighted by Crippen LogP contribution is 2.28. The van der Waals surface area contributed by atoms with E-state index in [1.54, 1.807) is 0 Å². The molecule has 1 fully saturated rings. The van der Waals surface area contributed by atoms with Gasteiger partial charge in [-0.15, -0.1) is 0 Å². The molecule has 1 unspecified atom stereocenters. The van der Waals surface area contributed by atoms with Crippen LogP contribution in [0.1, 0.15) is 40.0 Å². The Morgan fingerprint density at radius 1 is 1.47 bits per heavy atom. The zero-order valence-electron chi connectivity index (χ0n) is 10.2. The van der Waals surface area contributed by atoms with E-state index in [0.29, 0.717) is 12.0 Å². The van der Waals surface area contributed by atoms with E-state index in [0.717, 1.165) is 19.3 Å². The Balaban J connectivity index is 2.44. The van der Waals surface area contributed by atoms with Gasteiger partial charge in [-0.3, -0.25) is 4.79 Å². The highest BCUT2D eigenvalue weighted by Gasteiger charge is 2.33. The fraction of sp³-hybridized carbons (Fsp3) is 0.917. The van der Waals surface area contributed by atoms with E-state index in [-0.39, 0.29) is 18.0 Å². The van der Waals surface area contributed by atoms with Crippen LogP contribution in [-0.4, -0.2) is 25.3 Å². The summed E-state index contributed by atoms with van der Waals surface area (Å²) in [6.07, 6.45) is 3.27. The Hall–Kier alpha value is -0.570. The third-order valence-corrected chi connectivity index (χ3v) is 3.01. The maximum absolute atomic E-state index is 11.4. The largest absolute Gasteiger partial charge is 0.469 e. The topological polar surface area (TPSA) is 35.5 Å². The van der Waals surface area contributed by atoms with Crippen LogP contribution in [0.3, 0.4) is 0 Å². The number of carbonyl (C=O) groups excluding carboxylic acids is 1. The van der Waals surface area contributed by atoms with E-state index >= 15 is 0 Å². The lowest BCUT2D eigenvalue weighted by molar-refractivity contribution is -0.159. The first kappa shape index (κ1) is 12.5. The number of methoxy groups -OCH3 is 1. The third-order valence-electron chi connectivity index (χ3n) is 3.01. The van der Waals surface area contributed by atoms with Gasteiger partial charge in [0.25, 0.3) is 0 Å². The van der Waals surface area contributed by atoms with Gasteiger partial charge in [0, 0.05) is 0 Å². The summed E-state index contributed by atoms with van der Waals surface area (Å²) in [6, 6.07) is 0. The minimum Gasteiger partial charge on any atom is -0.469 e. The van der Waals surface area contributed by atoms with Crippen molar-refractivity contribution in [2.24, 2.45) is 11.8 Å². The molecule has 88 valence electrons. The summed E-state index contributed by atoms with van der Waals surface area (Å²) < 4.78 is 10.6. The summed E-state index contributed by atoms with van der Waals surface area (Å²) in [5, 5.41) is 0. The second-order valence-corrected chi connectivity index (χ2v) is 4.80. The number of hydrogen-bond donors (Lipinski definition) is 0. The van der Waals surface area contributed by atoms with E-state index in [2.05, 4.69) is 13.8 Å². The predicted molar refractivity (Wildman–Crippen MR) is 58.5 cm³/mol. The summed E-state index contributed by atoms with van der Waals surface area (Å²) in [5.74, 6) is 0.445. The molecule has 0 saturated carbocycles. The Morgan fingerprint density at radius 2 is 2.13 bits per heavy atom. The molecule has 0 aromatic carbocycles. The summed E-state index contributed by atoms with van der Waals surface area (Å²) in [7, 11) is 1.44. The van der Waals surface area contributed by atoms with Crippen molar-refractivity contribution in [3.8, 4) is 0 Å². The van der Waals surface area contributed by atoms with Crippen molar-refractivity contribution in [1.82, 2.24) is 0 Å². The summed E-state index contributed by atoms with van der Waals surface area (Å²) >= 11 is 0. The molecule has 3 atom stereocenters. The number of rotatable bonds is 3. The Kier molecular flexibility index (Phi) is 4.58. The second kappa shape index (κ2) is 5.50. The van der Waals surface area contributed by atoms with Crippen LogP contribution >= 0.6 is 0 Å². The molecule has 0 aliphatic carbocycles. The minimum atomic E-state index is -0.134. The molecule has 1 heterocycles. The standard InChI is InChI=1S/C12H22O3/c1-8(2)7-10-5-6-11(9(3)15-10)12(13)14-4/h8-11H,5-7H2,1-4H3/t9-,10?,11-/m0/s1. The smallest absolute Gasteiger partial charge is 0.311 e. The zero-order valence-corrected chi connectivity index (χ0v) is 10.2. The Bertz CT molecular complexity index is 213. The van der Waals surface area contributed by atoms with Gasteiger partial charge in [-0.05, 0) is 32.1 Å². The molecule has 3 heteroatoms. The molecule has 0 amide bonds. The van der Waals surface area contributed by atoms with Gasteiger partial charge in [0.15, 0.2) is 0 Å². The van der Waals surface area contributed by atoms with Crippen LogP contribution in [0, 0.1) is 11.8 Å². The van der Waals surface area contributed by atoms with E-state index in [4.69, 9.17) is 9.47 Å². The highest BCUT2D eigenvalue weighted by molar-refractivity contribution is 5.73. The van der Waals surface area contributed by atoms with Crippen LogP contribution in [0.5, 0.6) is 0 Å². The maximum Gasteiger partial charge on any atom is 0.311 e. The van der Waals surface area contributed by atoms with Crippen LogP contribution in [-0.2, 0) is 14.3 Å². The third kappa shape index (κ3) is 3.49. The molecule has 0 aromatic heterocycles. The molecule has 0 aromatic rings. The highest BCUT2D eigenvalue weighted by atomic mass is 16.5. The van der Waals surface area contributed by atoms with Crippen molar-refractivity contribution in [3.05, 3.63) is 0 Å². The molecule has 3 nitrogen and oxygen atoms in total. The van der Waals surface area contributed by atoms with Crippen LogP contribution < -0.4 is 0 Å². The van der Waals surface area contributed by atoms with Gasteiger partial charge in [-0.2, -0.15) is 0 Å². The van der Waals surface area contributed by atoms with E-state index in [9.17, 15) is 4.79 Å². The molecule has 1 aliphatic heterocycles. The normalized spacial score (nSPS) is 31.7. The Labute approximate surface area is 92.1 Å². The first-order valence-electron chi connectivity index (χ1n) is 5.77. The van der Waals surface area contributed by atoms with Gasteiger partial charge in [0.2, 0.25) is 0 Å². The van der Waals surface area contributed by atoms with Crippen molar-refractivity contribution in [2.75, 3.05) is 7.11 Å². The number of ether oxygens (including phenoxy) is 2. The van der Waals surface area contributed by atoms with Crippen LogP contribution in [0.25, 0.3) is 0 Å². The molecular formula is C12H22O3. The van der Waals surface area contributed by atoms with E-state index in [1.165, 1.54) is 7.11 Å². The van der Waals surface area contributed by atoms with Crippen molar-refractivity contribution in [1.29, 1.82) is 0 Å². The van der Waals surface area contributed by atoms with Crippen molar-refractivity contribution in [2.45, 2.75) is 52.2 Å². The fourth-order valence-corrected chi connectivity index (χ4v) is 2.23. The first-order valence-corrected chi connectivity index (χ1v) is 5.77. The fourth-order valence-electron chi connectivity index (χ4n) is 2.23. The summed E-state index contributed by atoms with van der Waals surface area (Å²) in [4.78, 5) is 11.4. The van der Waals surface area contributed by atoms with Gasteiger partial charge in [0.05, 0.1) is 25.2 Å². The lowest BCUT2D eigenvalue weighted by atomic mass is 9.90. The molecule has 1 aliphatic rings. The molecule has 0 bridgehead atoms. The average molecular weight is 214 g/mol. The van der Waals surface area contributed by atoms with E-state index in [1.807, 2.05) is 6.92 Å². The summed E-state index contributed by atoms with van der Waals surface area (Å²) in [6.45, 7) is 6.36. The van der Waals surface area contributed by atoms with Crippen LogP contribution in [0.4, 0.5) is 0 Å². The monoisotopic (exact) mass is 214 g/mol. The first-order chi connectivity index (χ1) is 7.04. The predicted octanol–water partition coefficient (Wildman–Crippen LogP) is 2.39. The van der Waals surface area contributed by atoms with Gasteiger partial charge >= 0.3 is 5.97 Å². The van der Waals surface area contributed by atoms with Gasteiger partial charge in [0.1, 0.15) is 0 Å². The summed E-state index contributed by atoms with van der Waals surface area (Å²) in [5.41, 5.74) is 0. The quantitative estimate of drug-likeness (QED) is 0.677. The van der Waals surface area contributed by atoms with Crippen LogP contribution in [0.2, 0.25) is 0 Å². The molecule has 0 spiro atoms. The van der Waals surface area contributed by atoms with Crippen molar-refractivity contribution in [3.63, 3.8) is 0 Å². The minimum absolute atomic E-state index is 0.00468. The van der Waals surface area contributed by atoms with E-state index < -0.39 is 0 Å². The SMILES string of the molecule is COC(=O)[C@H]1CCC(CC(C)C)O[C@H]1C. The van der Waals surface area contributed by atoms with Crippen LogP contribution in [0.15, 0.2) is 0 Å². The van der Waals surface area contributed by atoms with Gasteiger partial charge < -0.3 is 9.47 Å². The molecule has 15 heavy (non-hydrogen) atoms. The average Bonchev–Trinajstić information content (AvgIpc) is 2.16. The number of hydrogen-bond acceptors (Lipinski definition) is 3. The second-order valence-electron chi connectivity index (χ2n) is 4.80. The maximum atomic E-state index is 11.4. The van der Waals surface area contributed by atoms with Gasteiger partial charge in [-0.1, -0.05) is 13.8 Å². The lowest BCUT2D eigenvalue weighted by Gasteiger charge is -2.33. The molecule has 1 rings (SSSR count). The molecule has 1 saturated heterocycles. The zero-order chi connectivity index (χ0) is 11.4. The lowest BCUT2D eigenvalue weighted by Crippen LogP contribution is -2.38. The van der Waals surface area contributed by atoms with Gasteiger partial charge in [-0.25, -0.2) is 0 Å². The molecule has 0 N–H and O–H groups in total. The number of carbonyl (C=O) groups is 1. The van der Waals surface area contributed by atoms with Crippen molar-refractivity contribution >= 4 is 5.97 Å².